The summed E-state index contributed by atoms with van der Waals surface area (Å²) in [5.74, 6) is 0. The number of aliphatic hydroxyl groups is 1. The van der Waals surface area contributed by atoms with Gasteiger partial charge in [0.2, 0.25) is 0 Å². The van der Waals surface area contributed by atoms with E-state index >= 15 is 0 Å². The molecule has 0 bridgehead atoms. The van der Waals surface area contributed by atoms with Crippen LogP contribution in [0.1, 0.15) is 20.3 Å². The average molecular weight is 204 g/mol. The number of rotatable bonds is 1. The second kappa shape index (κ2) is 5.66. The zero-order valence-electron chi connectivity index (χ0n) is 9.10. The highest BCUT2D eigenvalue weighted by Gasteiger charge is 2.41. The van der Waals surface area contributed by atoms with Crippen molar-refractivity contribution < 1.29 is 19.3 Å². The maximum Gasteiger partial charge on any atom is 0.112 e. The molecule has 84 valence electrons. The molecule has 0 aliphatic carbocycles. The van der Waals surface area contributed by atoms with E-state index < -0.39 is 0 Å². The van der Waals surface area contributed by atoms with Crippen LogP contribution in [0.25, 0.3) is 0 Å². The Morgan fingerprint density at radius 1 is 1.36 bits per heavy atom. The average Bonchev–Trinajstić information content (AvgIpc) is 2.61. The molecule has 0 unspecified atom stereocenters. The fourth-order valence-electron chi connectivity index (χ4n) is 1.63. The molecule has 3 atom stereocenters. The first-order valence-electron chi connectivity index (χ1n) is 5.09. The Morgan fingerprint density at radius 3 is 2.57 bits per heavy atom. The number of hydrogen-bond donors (Lipinski definition) is 1. The van der Waals surface area contributed by atoms with Crippen LogP contribution < -0.4 is 0 Å². The molecule has 2 aliphatic heterocycles. The Morgan fingerprint density at radius 2 is 2.00 bits per heavy atom. The molecule has 4 nitrogen and oxygen atoms in total. The second-order valence-corrected chi connectivity index (χ2v) is 3.86. The molecule has 2 saturated heterocycles. The molecule has 0 spiro atoms. The zero-order valence-corrected chi connectivity index (χ0v) is 9.10. The molecule has 0 aromatic carbocycles. The van der Waals surface area contributed by atoms with Gasteiger partial charge in [0.25, 0.3) is 0 Å². The number of ether oxygens (including phenoxy) is 3. The van der Waals surface area contributed by atoms with Crippen LogP contribution in [-0.4, -0.2) is 49.8 Å². The second-order valence-electron chi connectivity index (χ2n) is 3.86. The molecule has 0 aromatic rings. The first kappa shape index (κ1) is 11.9. The van der Waals surface area contributed by atoms with Crippen molar-refractivity contribution in [1.29, 1.82) is 0 Å². The summed E-state index contributed by atoms with van der Waals surface area (Å²) in [7, 11) is 1.71. The van der Waals surface area contributed by atoms with Crippen molar-refractivity contribution in [2.24, 2.45) is 0 Å². The fourth-order valence-corrected chi connectivity index (χ4v) is 1.63. The van der Waals surface area contributed by atoms with Crippen molar-refractivity contribution in [3.8, 4) is 0 Å². The van der Waals surface area contributed by atoms with E-state index in [9.17, 15) is 0 Å². The lowest BCUT2D eigenvalue weighted by atomic mass is 10.1. The minimum Gasteiger partial charge on any atom is -0.394 e. The van der Waals surface area contributed by atoms with Crippen molar-refractivity contribution >= 4 is 0 Å². The van der Waals surface area contributed by atoms with Crippen molar-refractivity contribution in [1.82, 2.24) is 0 Å². The number of aliphatic hydroxyl groups excluding tert-OH is 1. The lowest BCUT2D eigenvalue weighted by Gasteiger charge is -2.12. The van der Waals surface area contributed by atoms with Crippen molar-refractivity contribution in [3.05, 3.63) is 0 Å². The summed E-state index contributed by atoms with van der Waals surface area (Å²) in [5.41, 5.74) is 0. The fraction of sp³-hybridized carbons (Fsp3) is 1.00. The molecule has 0 saturated carbocycles. The molecule has 1 N–H and O–H groups in total. The van der Waals surface area contributed by atoms with E-state index in [0.29, 0.717) is 12.7 Å². The van der Waals surface area contributed by atoms with Gasteiger partial charge in [0.1, 0.15) is 12.2 Å². The predicted octanol–water partition coefficient (Wildman–Crippen LogP) is 0.576. The van der Waals surface area contributed by atoms with Crippen LogP contribution in [0.2, 0.25) is 0 Å². The Balaban J connectivity index is 0.000000213. The van der Waals surface area contributed by atoms with E-state index in [1.165, 1.54) is 0 Å². The van der Waals surface area contributed by atoms with Gasteiger partial charge in [-0.1, -0.05) is 0 Å². The Bertz CT molecular complexity index is 157. The number of methoxy groups -OCH3 is 1. The highest BCUT2D eigenvalue weighted by Crippen LogP contribution is 2.27. The smallest absolute Gasteiger partial charge is 0.112 e. The lowest BCUT2D eigenvalue weighted by Crippen LogP contribution is -2.28. The van der Waals surface area contributed by atoms with Crippen molar-refractivity contribution in [2.45, 2.75) is 44.7 Å². The van der Waals surface area contributed by atoms with Crippen LogP contribution in [0.5, 0.6) is 0 Å². The van der Waals surface area contributed by atoms with Gasteiger partial charge in [0, 0.05) is 19.8 Å². The zero-order chi connectivity index (χ0) is 10.6. The van der Waals surface area contributed by atoms with Crippen LogP contribution in [0.4, 0.5) is 0 Å². The van der Waals surface area contributed by atoms with E-state index in [2.05, 4.69) is 0 Å². The quantitative estimate of drug-likeness (QED) is 0.678. The summed E-state index contributed by atoms with van der Waals surface area (Å²) >= 11 is 0. The first-order chi connectivity index (χ1) is 6.65. The molecule has 2 heterocycles. The minimum atomic E-state index is -0.167. The molecule has 0 amide bonds. The molecular formula is C10H20O4. The third kappa shape index (κ3) is 3.20. The molecule has 0 radical (unpaired) electrons. The molecule has 0 aromatic heterocycles. The standard InChI is InChI=1S/C7H12O3.C3H8O/c1-8-6-4-10-5-2-3-9-7(5)6;1-3(2)4/h5-7H,2-4H2,1H3;3-4H,1-2H3/t5-,6+,7+;/m1./s1. The van der Waals surface area contributed by atoms with Gasteiger partial charge in [-0.3, -0.25) is 0 Å². The normalized spacial score (nSPS) is 35.4. The molecule has 2 rings (SSSR count). The van der Waals surface area contributed by atoms with E-state index in [4.69, 9.17) is 19.3 Å². The maximum atomic E-state index is 8.06. The van der Waals surface area contributed by atoms with Crippen molar-refractivity contribution in [2.75, 3.05) is 20.3 Å². The summed E-state index contributed by atoms with van der Waals surface area (Å²) in [6.45, 7) is 4.97. The predicted molar refractivity (Wildman–Crippen MR) is 52.2 cm³/mol. The van der Waals surface area contributed by atoms with Gasteiger partial charge in [-0.2, -0.15) is 0 Å². The van der Waals surface area contributed by atoms with Gasteiger partial charge in [0.15, 0.2) is 0 Å². The van der Waals surface area contributed by atoms with Crippen molar-refractivity contribution in [3.63, 3.8) is 0 Å². The topological polar surface area (TPSA) is 47.9 Å². The maximum absolute atomic E-state index is 8.06. The van der Waals surface area contributed by atoms with Gasteiger partial charge >= 0.3 is 0 Å². The van der Waals surface area contributed by atoms with Crippen LogP contribution >= 0.6 is 0 Å². The van der Waals surface area contributed by atoms with Gasteiger partial charge in [0.05, 0.1) is 12.7 Å². The van der Waals surface area contributed by atoms with E-state index in [0.717, 1.165) is 13.0 Å². The summed E-state index contributed by atoms with van der Waals surface area (Å²) < 4.78 is 16.0. The summed E-state index contributed by atoms with van der Waals surface area (Å²) in [4.78, 5) is 0. The third-order valence-electron chi connectivity index (χ3n) is 2.22. The highest BCUT2D eigenvalue weighted by molar-refractivity contribution is 4.89. The van der Waals surface area contributed by atoms with Gasteiger partial charge in [-0.25, -0.2) is 0 Å². The summed E-state index contributed by atoms with van der Waals surface area (Å²) in [5, 5.41) is 8.06. The number of fused-ring (bicyclic) bond motifs is 1. The summed E-state index contributed by atoms with van der Waals surface area (Å²) in [6, 6.07) is 0. The first-order valence-corrected chi connectivity index (χ1v) is 5.09. The van der Waals surface area contributed by atoms with E-state index in [1.807, 2.05) is 0 Å². The van der Waals surface area contributed by atoms with E-state index in [-0.39, 0.29) is 18.3 Å². The van der Waals surface area contributed by atoms with Crippen LogP contribution in [0.15, 0.2) is 0 Å². The lowest BCUT2D eigenvalue weighted by molar-refractivity contribution is -0.00727. The van der Waals surface area contributed by atoms with E-state index in [1.54, 1.807) is 21.0 Å². The highest BCUT2D eigenvalue weighted by atomic mass is 16.6. The Kier molecular flexibility index (Phi) is 4.81. The van der Waals surface area contributed by atoms with Gasteiger partial charge in [-0.05, 0) is 20.3 Å². The van der Waals surface area contributed by atoms with Gasteiger partial charge < -0.3 is 19.3 Å². The summed E-state index contributed by atoms with van der Waals surface area (Å²) in [6.07, 6.45) is 1.56. The van der Waals surface area contributed by atoms with Crippen LogP contribution in [-0.2, 0) is 14.2 Å². The van der Waals surface area contributed by atoms with Crippen LogP contribution in [0.3, 0.4) is 0 Å². The number of hydrogen-bond acceptors (Lipinski definition) is 4. The van der Waals surface area contributed by atoms with Crippen LogP contribution in [0, 0.1) is 0 Å². The molecule has 2 aliphatic rings. The van der Waals surface area contributed by atoms with Gasteiger partial charge in [-0.15, -0.1) is 0 Å². The molecular weight excluding hydrogens is 184 g/mol. The largest absolute Gasteiger partial charge is 0.394 e. The molecule has 4 heteroatoms. The monoisotopic (exact) mass is 204 g/mol. The Labute approximate surface area is 85.2 Å². The molecule has 2 fully saturated rings. The minimum absolute atomic E-state index is 0.167. The molecule has 14 heavy (non-hydrogen) atoms. The third-order valence-corrected chi connectivity index (χ3v) is 2.22. The Hall–Kier alpha value is -0.160. The SMILES string of the molecule is CC(C)O.CO[C@H]1CO[C@@H]2CCO[C@H]12.